The first-order valence-electron chi connectivity index (χ1n) is 11.7. The van der Waals surface area contributed by atoms with Crippen molar-refractivity contribution in [3.8, 4) is 0 Å². The lowest BCUT2D eigenvalue weighted by Gasteiger charge is -2.46. The number of carbonyl (C=O) groups excluding carboxylic acids is 2. The minimum Gasteiger partial charge on any atom is -0.456 e. The van der Waals surface area contributed by atoms with Crippen LogP contribution in [-0.4, -0.2) is 24.1 Å². The van der Waals surface area contributed by atoms with Gasteiger partial charge in [-0.05, 0) is 64.7 Å². The van der Waals surface area contributed by atoms with E-state index in [9.17, 15) is 9.59 Å². The number of esters is 2. The van der Waals surface area contributed by atoms with Crippen LogP contribution in [0.5, 0.6) is 0 Å². The highest BCUT2D eigenvalue weighted by Crippen LogP contribution is 2.45. The van der Waals surface area contributed by atoms with Crippen molar-refractivity contribution in [2.75, 3.05) is 6.61 Å². The normalized spacial score (nSPS) is 19.4. The molecule has 2 saturated carbocycles. The van der Waals surface area contributed by atoms with Gasteiger partial charge in [0.15, 0.2) is 6.61 Å². The number of hydrogen-bond donors (Lipinski definition) is 0. The van der Waals surface area contributed by atoms with Gasteiger partial charge in [0.25, 0.3) is 0 Å². The molecule has 2 aliphatic rings. The molecule has 0 saturated heterocycles. The van der Waals surface area contributed by atoms with Gasteiger partial charge in [-0.15, -0.1) is 0 Å². The summed E-state index contributed by atoms with van der Waals surface area (Å²) >= 11 is 0. The standard InChI is InChI=1S/C22H38O4.C2H6/c1-5-21(2,3)20(24)25-16-19(23)26-22(4,17-12-8-6-9-13-17)18-14-10-7-11-15-18;1-2/h17-18H,5-16H2,1-4H3;1-2H3. The fourth-order valence-electron chi connectivity index (χ4n) is 4.59. The number of hydrogen-bond acceptors (Lipinski definition) is 4. The van der Waals surface area contributed by atoms with Gasteiger partial charge in [-0.3, -0.25) is 4.79 Å². The van der Waals surface area contributed by atoms with Crippen molar-refractivity contribution in [1.29, 1.82) is 0 Å². The molecule has 0 spiro atoms. The molecule has 4 nitrogen and oxygen atoms in total. The van der Waals surface area contributed by atoms with Crippen molar-refractivity contribution >= 4 is 11.9 Å². The second-order valence-corrected chi connectivity index (χ2v) is 9.14. The smallest absolute Gasteiger partial charge is 0.344 e. The SMILES string of the molecule is CC.CCC(C)(C)C(=O)OCC(=O)OC(C)(C1CCCCC1)C1CCCCC1. The van der Waals surface area contributed by atoms with Gasteiger partial charge in [-0.25, -0.2) is 4.79 Å². The predicted octanol–water partition coefficient (Wildman–Crippen LogP) is 6.45. The molecule has 164 valence electrons. The van der Waals surface area contributed by atoms with Crippen LogP contribution in [-0.2, 0) is 19.1 Å². The van der Waals surface area contributed by atoms with Crippen molar-refractivity contribution in [3.05, 3.63) is 0 Å². The van der Waals surface area contributed by atoms with Crippen molar-refractivity contribution in [2.24, 2.45) is 17.3 Å². The average molecular weight is 397 g/mol. The Morgan fingerprint density at radius 1 is 0.821 bits per heavy atom. The van der Waals surface area contributed by atoms with Crippen molar-refractivity contribution in [1.82, 2.24) is 0 Å². The van der Waals surface area contributed by atoms with Gasteiger partial charge in [0.05, 0.1) is 5.41 Å². The highest BCUT2D eigenvalue weighted by Gasteiger charge is 2.45. The molecule has 2 aliphatic carbocycles. The Hall–Kier alpha value is -1.06. The first-order valence-corrected chi connectivity index (χ1v) is 11.7. The maximum atomic E-state index is 12.6. The lowest BCUT2D eigenvalue weighted by molar-refractivity contribution is -0.185. The van der Waals surface area contributed by atoms with Crippen LogP contribution in [0.25, 0.3) is 0 Å². The molecule has 0 N–H and O–H groups in total. The van der Waals surface area contributed by atoms with E-state index in [2.05, 4.69) is 6.92 Å². The monoisotopic (exact) mass is 396 g/mol. The van der Waals surface area contributed by atoms with Gasteiger partial charge >= 0.3 is 11.9 Å². The summed E-state index contributed by atoms with van der Waals surface area (Å²) in [5, 5.41) is 0. The minimum absolute atomic E-state index is 0.267. The van der Waals surface area contributed by atoms with Crippen molar-refractivity contribution in [3.63, 3.8) is 0 Å². The van der Waals surface area contributed by atoms with Gasteiger partial charge in [-0.1, -0.05) is 59.3 Å². The zero-order valence-electron chi connectivity index (χ0n) is 19.3. The molecular weight excluding hydrogens is 352 g/mol. The van der Waals surface area contributed by atoms with Gasteiger partial charge in [0.1, 0.15) is 5.60 Å². The van der Waals surface area contributed by atoms with E-state index >= 15 is 0 Å². The maximum absolute atomic E-state index is 12.6. The number of carbonyl (C=O) groups is 2. The van der Waals surface area contributed by atoms with Crippen LogP contribution in [0.1, 0.15) is 112 Å². The summed E-state index contributed by atoms with van der Waals surface area (Å²) in [7, 11) is 0. The Kier molecular flexibility index (Phi) is 10.5. The van der Waals surface area contributed by atoms with Crippen LogP contribution in [0.2, 0.25) is 0 Å². The van der Waals surface area contributed by atoms with E-state index in [1.807, 2.05) is 34.6 Å². The molecule has 4 heteroatoms. The summed E-state index contributed by atoms with van der Waals surface area (Å²) in [6.45, 7) is 11.5. The Morgan fingerprint density at radius 3 is 1.64 bits per heavy atom. The Labute approximate surface area is 173 Å². The van der Waals surface area contributed by atoms with E-state index < -0.39 is 11.0 Å². The highest BCUT2D eigenvalue weighted by atomic mass is 16.6. The van der Waals surface area contributed by atoms with E-state index in [1.54, 1.807) is 0 Å². The summed E-state index contributed by atoms with van der Waals surface area (Å²) in [4.78, 5) is 24.7. The lowest BCUT2D eigenvalue weighted by atomic mass is 9.67. The highest BCUT2D eigenvalue weighted by molar-refractivity contribution is 5.79. The third kappa shape index (κ3) is 6.77. The maximum Gasteiger partial charge on any atom is 0.344 e. The molecule has 0 aromatic heterocycles. The second-order valence-electron chi connectivity index (χ2n) is 9.14. The fraction of sp³-hybridized carbons (Fsp3) is 0.917. The van der Waals surface area contributed by atoms with Gasteiger partial charge < -0.3 is 9.47 Å². The Bertz CT molecular complexity index is 453. The molecule has 0 radical (unpaired) electrons. The largest absolute Gasteiger partial charge is 0.456 e. The fourth-order valence-corrected chi connectivity index (χ4v) is 4.59. The molecule has 28 heavy (non-hydrogen) atoms. The zero-order valence-corrected chi connectivity index (χ0v) is 19.3. The summed E-state index contributed by atoms with van der Waals surface area (Å²) < 4.78 is 11.4. The Morgan fingerprint density at radius 2 is 1.25 bits per heavy atom. The predicted molar refractivity (Wildman–Crippen MR) is 114 cm³/mol. The quantitative estimate of drug-likeness (QED) is 0.464. The molecule has 0 aromatic carbocycles. The molecule has 2 rings (SSSR count). The molecule has 0 heterocycles. The average Bonchev–Trinajstić information content (AvgIpc) is 2.74. The summed E-state index contributed by atoms with van der Waals surface area (Å²) in [5.41, 5.74) is -0.971. The zero-order chi connectivity index (χ0) is 21.2. The molecular formula is C24H44O4. The molecule has 0 unspecified atom stereocenters. The van der Waals surface area contributed by atoms with Gasteiger partial charge in [-0.2, -0.15) is 0 Å². The number of ether oxygens (including phenoxy) is 2. The number of rotatable bonds is 7. The van der Waals surface area contributed by atoms with Gasteiger partial charge in [0, 0.05) is 0 Å². The van der Waals surface area contributed by atoms with E-state index in [-0.39, 0.29) is 18.5 Å². The minimum atomic E-state index is -0.559. The first-order chi connectivity index (χ1) is 13.3. The third-order valence-corrected chi connectivity index (χ3v) is 6.92. The van der Waals surface area contributed by atoms with E-state index in [1.165, 1.54) is 38.5 Å². The van der Waals surface area contributed by atoms with Crippen molar-refractivity contribution < 1.29 is 19.1 Å². The molecule has 0 atom stereocenters. The van der Waals surface area contributed by atoms with Gasteiger partial charge in [0.2, 0.25) is 0 Å². The molecule has 0 aliphatic heterocycles. The molecule has 0 amide bonds. The second kappa shape index (κ2) is 11.8. The summed E-state index contributed by atoms with van der Waals surface area (Å²) in [5.74, 6) is 0.162. The van der Waals surface area contributed by atoms with Crippen LogP contribution < -0.4 is 0 Å². The first kappa shape index (κ1) is 25.0. The molecule has 0 aromatic rings. The van der Waals surface area contributed by atoms with E-state index in [0.717, 1.165) is 25.7 Å². The summed E-state index contributed by atoms with van der Waals surface area (Å²) in [6, 6.07) is 0. The van der Waals surface area contributed by atoms with Crippen LogP contribution in [0.3, 0.4) is 0 Å². The Balaban J connectivity index is 0.00000190. The van der Waals surface area contributed by atoms with Crippen LogP contribution in [0, 0.1) is 17.3 Å². The van der Waals surface area contributed by atoms with E-state index in [4.69, 9.17) is 9.47 Å². The van der Waals surface area contributed by atoms with E-state index in [0.29, 0.717) is 18.3 Å². The third-order valence-electron chi connectivity index (χ3n) is 6.92. The van der Waals surface area contributed by atoms with Crippen LogP contribution in [0.15, 0.2) is 0 Å². The molecule has 0 bridgehead atoms. The summed E-state index contributed by atoms with van der Waals surface area (Å²) in [6.07, 6.45) is 12.7. The van der Waals surface area contributed by atoms with Crippen LogP contribution in [0.4, 0.5) is 0 Å². The molecule has 2 fully saturated rings. The van der Waals surface area contributed by atoms with Crippen LogP contribution >= 0.6 is 0 Å². The topological polar surface area (TPSA) is 52.6 Å². The lowest BCUT2D eigenvalue weighted by Crippen LogP contribution is -2.48. The van der Waals surface area contributed by atoms with Crippen molar-refractivity contribution in [2.45, 2.75) is 118 Å².